The molecule has 21 heavy (non-hydrogen) atoms. The van der Waals surface area contributed by atoms with Crippen LogP contribution in [0.25, 0.3) is 0 Å². The van der Waals surface area contributed by atoms with E-state index in [9.17, 15) is 0 Å². The number of benzene rings is 1. The molecular weight excluding hydrogens is 266 g/mol. The second-order valence-electron chi connectivity index (χ2n) is 6.12. The first-order valence-corrected chi connectivity index (χ1v) is 7.85. The maximum Gasteiger partial charge on any atom is 0.181 e. The third-order valence-electron chi connectivity index (χ3n) is 4.53. The van der Waals surface area contributed by atoms with E-state index < -0.39 is 0 Å². The lowest BCUT2D eigenvalue weighted by Gasteiger charge is -2.39. The summed E-state index contributed by atoms with van der Waals surface area (Å²) in [4.78, 5) is 2.48. The quantitative estimate of drug-likeness (QED) is 0.853. The average molecular weight is 291 g/mol. The van der Waals surface area contributed by atoms with Crippen molar-refractivity contribution in [3.8, 4) is 5.75 Å². The van der Waals surface area contributed by atoms with Gasteiger partial charge in [-0.3, -0.25) is 4.90 Å². The largest absolute Gasteiger partial charge is 0.497 e. The second kappa shape index (κ2) is 6.34. The van der Waals surface area contributed by atoms with E-state index in [1.807, 2.05) is 12.1 Å². The minimum absolute atomic E-state index is 0.322. The molecule has 1 aromatic rings. The van der Waals surface area contributed by atoms with Gasteiger partial charge in [0.1, 0.15) is 5.75 Å². The molecule has 116 valence electrons. The van der Waals surface area contributed by atoms with Crippen molar-refractivity contribution in [2.45, 2.75) is 31.5 Å². The maximum absolute atomic E-state index is 5.85. The zero-order chi connectivity index (χ0) is 14.7. The molecule has 2 aliphatic rings. The molecule has 2 heterocycles. The highest BCUT2D eigenvalue weighted by Gasteiger charge is 2.40. The van der Waals surface area contributed by atoms with Gasteiger partial charge in [-0.05, 0) is 36.6 Å². The van der Waals surface area contributed by atoms with Crippen LogP contribution in [0.15, 0.2) is 24.3 Å². The van der Waals surface area contributed by atoms with Crippen molar-refractivity contribution in [2.75, 3.05) is 40.0 Å². The molecule has 2 fully saturated rings. The molecule has 0 N–H and O–H groups in total. The molecule has 0 amide bonds. The highest BCUT2D eigenvalue weighted by atomic mass is 16.7. The minimum atomic E-state index is -0.322. The van der Waals surface area contributed by atoms with Crippen LogP contribution in [-0.4, -0.2) is 50.6 Å². The Morgan fingerprint density at radius 3 is 2.62 bits per heavy atom. The summed E-state index contributed by atoms with van der Waals surface area (Å²) in [5, 5.41) is 0. The molecule has 0 radical (unpaired) electrons. The molecular formula is C17H25NO3. The summed E-state index contributed by atoms with van der Waals surface area (Å²) in [6, 6.07) is 8.39. The van der Waals surface area contributed by atoms with E-state index in [0.717, 1.165) is 51.4 Å². The van der Waals surface area contributed by atoms with Crippen molar-refractivity contribution < 1.29 is 14.2 Å². The van der Waals surface area contributed by atoms with Crippen LogP contribution in [0.2, 0.25) is 0 Å². The van der Waals surface area contributed by atoms with Crippen LogP contribution in [0.3, 0.4) is 0 Å². The molecule has 3 rings (SSSR count). The maximum atomic E-state index is 5.85. The number of rotatable bonds is 4. The Balaban J connectivity index is 1.59. The molecule has 1 unspecified atom stereocenters. The summed E-state index contributed by atoms with van der Waals surface area (Å²) in [5.41, 5.74) is 1.35. The first-order valence-electron chi connectivity index (χ1n) is 7.85. The third kappa shape index (κ3) is 3.39. The van der Waals surface area contributed by atoms with Crippen LogP contribution < -0.4 is 4.74 Å². The lowest BCUT2D eigenvalue weighted by molar-refractivity contribution is -0.189. The fourth-order valence-electron chi connectivity index (χ4n) is 3.38. The summed E-state index contributed by atoms with van der Waals surface area (Å²) in [7, 11) is 1.70. The van der Waals surface area contributed by atoms with Crippen molar-refractivity contribution in [3.63, 3.8) is 0 Å². The van der Waals surface area contributed by atoms with E-state index in [2.05, 4.69) is 24.0 Å². The van der Waals surface area contributed by atoms with Crippen LogP contribution in [0, 0.1) is 0 Å². The van der Waals surface area contributed by atoms with Gasteiger partial charge in [0.25, 0.3) is 0 Å². The molecule has 0 aromatic heterocycles. The van der Waals surface area contributed by atoms with Crippen molar-refractivity contribution >= 4 is 0 Å². The number of likely N-dealkylation sites (tertiary alicyclic amines) is 1. The fraction of sp³-hybridized carbons (Fsp3) is 0.647. The molecule has 1 spiro atoms. The number of methoxy groups -OCH3 is 1. The Bertz CT molecular complexity index is 454. The van der Waals surface area contributed by atoms with E-state index in [4.69, 9.17) is 14.2 Å². The summed E-state index contributed by atoms with van der Waals surface area (Å²) >= 11 is 0. The van der Waals surface area contributed by atoms with Crippen molar-refractivity contribution in [3.05, 3.63) is 29.8 Å². The molecule has 4 nitrogen and oxygen atoms in total. The summed E-state index contributed by atoms with van der Waals surface area (Å²) < 4.78 is 16.9. The van der Waals surface area contributed by atoms with Gasteiger partial charge in [0.2, 0.25) is 0 Å². The summed E-state index contributed by atoms with van der Waals surface area (Å²) in [6.07, 6.45) is 2.18. The van der Waals surface area contributed by atoms with Gasteiger partial charge in [0.05, 0.1) is 26.9 Å². The SMILES string of the molecule is COc1ccc(C(C)CN2CCCC3(C2)OCCO3)cc1. The molecule has 0 aliphatic carbocycles. The predicted molar refractivity (Wildman–Crippen MR) is 81.7 cm³/mol. The van der Waals surface area contributed by atoms with Gasteiger partial charge in [-0.2, -0.15) is 0 Å². The first kappa shape index (κ1) is 14.8. The number of piperidine rings is 1. The van der Waals surface area contributed by atoms with E-state index in [0.29, 0.717) is 5.92 Å². The minimum Gasteiger partial charge on any atom is -0.497 e. The fourth-order valence-corrected chi connectivity index (χ4v) is 3.38. The van der Waals surface area contributed by atoms with Crippen LogP contribution in [0.5, 0.6) is 5.75 Å². The Hall–Kier alpha value is -1.10. The van der Waals surface area contributed by atoms with Gasteiger partial charge in [0.15, 0.2) is 5.79 Å². The first-order chi connectivity index (χ1) is 10.2. The topological polar surface area (TPSA) is 30.9 Å². The monoisotopic (exact) mass is 291 g/mol. The Kier molecular flexibility index (Phi) is 4.48. The average Bonchev–Trinajstić information content (AvgIpc) is 2.95. The number of hydrogen-bond donors (Lipinski definition) is 0. The molecule has 2 saturated heterocycles. The van der Waals surface area contributed by atoms with Crippen molar-refractivity contribution in [2.24, 2.45) is 0 Å². The second-order valence-corrected chi connectivity index (χ2v) is 6.12. The van der Waals surface area contributed by atoms with E-state index in [-0.39, 0.29) is 5.79 Å². The van der Waals surface area contributed by atoms with Crippen LogP contribution in [0.1, 0.15) is 31.2 Å². The van der Waals surface area contributed by atoms with E-state index in [1.165, 1.54) is 5.56 Å². The zero-order valence-corrected chi connectivity index (χ0v) is 13.0. The standard InChI is InChI=1S/C17H25NO3/c1-14(15-4-6-16(19-2)7-5-15)12-18-9-3-8-17(13-18)20-10-11-21-17/h4-7,14H,3,8-13H2,1-2H3. The third-order valence-corrected chi connectivity index (χ3v) is 4.53. The van der Waals surface area contributed by atoms with Crippen LogP contribution in [0.4, 0.5) is 0 Å². The van der Waals surface area contributed by atoms with Crippen molar-refractivity contribution in [1.82, 2.24) is 4.90 Å². The molecule has 2 aliphatic heterocycles. The molecule has 0 bridgehead atoms. The van der Waals surface area contributed by atoms with Crippen molar-refractivity contribution in [1.29, 1.82) is 0 Å². The van der Waals surface area contributed by atoms with Gasteiger partial charge < -0.3 is 14.2 Å². The lowest BCUT2D eigenvalue weighted by atomic mass is 9.98. The van der Waals surface area contributed by atoms with E-state index in [1.54, 1.807) is 7.11 Å². The Morgan fingerprint density at radius 1 is 1.24 bits per heavy atom. The highest BCUT2D eigenvalue weighted by Crippen LogP contribution is 2.31. The van der Waals surface area contributed by atoms with Gasteiger partial charge >= 0.3 is 0 Å². The van der Waals surface area contributed by atoms with E-state index >= 15 is 0 Å². The normalized spacial score (nSPS) is 23.3. The number of ether oxygens (including phenoxy) is 3. The van der Waals surface area contributed by atoms with Gasteiger partial charge in [-0.15, -0.1) is 0 Å². The lowest BCUT2D eigenvalue weighted by Crippen LogP contribution is -2.49. The van der Waals surface area contributed by atoms with Crippen LogP contribution >= 0.6 is 0 Å². The smallest absolute Gasteiger partial charge is 0.181 e. The molecule has 1 aromatic carbocycles. The Morgan fingerprint density at radius 2 is 1.95 bits per heavy atom. The number of hydrogen-bond acceptors (Lipinski definition) is 4. The molecule has 1 atom stereocenters. The predicted octanol–water partition coefficient (Wildman–Crippen LogP) is 2.64. The number of nitrogens with zero attached hydrogens (tertiary/aromatic N) is 1. The summed E-state index contributed by atoms with van der Waals surface area (Å²) in [5.74, 6) is 1.08. The van der Waals surface area contributed by atoms with Gasteiger partial charge in [-0.25, -0.2) is 0 Å². The highest BCUT2D eigenvalue weighted by molar-refractivity contribution is 5.29. The van der Waals surface area contributed by atoms with Crippen LogP contribution in [-0.2, 0) is 9.47 Å². The summed E-state index contributed by atoms with van der Waals surface area (Å²) in [6.45, 7) is 6.83. The molecule has 4 heteroatoms. The van der Waals surface area contributed by atoms with Gasteiger partial charge in [-0.1, -0.05) is 19.1 Å². The Labute approximate surface area is 127 Å². The van der Waals surface area contributed by atoms with Gasteiger partial charge in [0, 0.05) is 13.0 Å². The zero-order valence-electron chi connectivity index (χ0n) is 13.0. The molecule has 0 saturated carbocycles.